The van der Waals surface area contributed by atoms with Gasteiger partial charge in [-0.1, -0.05) is 72.8 Å². The molecule has 0 saturated carbocycles. The number of pyridine rings is 2. The molecule has 3 heteroatoms. The summed E-state index contributed by atoms with van der Waals surface area (Å²) in [6, 6.07) is 42.7. The van der Waals surface area contributed by atoms with Crippen LogP contribution < -0.4 is 0 Å². The smallest absolute Gasteiger partial charge is 0.0708 e. The van der Waals surface area contributed by atoms with E-state index >= 15 is 0 Å². The fraction of sp³-hybridized carbons (Fsp3) is 0.0286. The molecule has 0 aliphatic carbocycles. The van der Waals surface area contributed by atoms with Crippen LogP contribution in [0.25, 0.3) is 66.6 Å². The molecule has 7 aromatic rings. The normalized spacial score (nSPS) is 11.3. The Bertz CT molecular complexity index is 1780. The Morgan fingerprint density at radius 2 is 0.868 bits per heavy atom. The number of aryl methyl sites for hydroxylation is 1. The molecule has 180 valence electrons. The van der Waals surface area contributed by atoms with Crippen LogP contribution in [0.4, 0.5) is 0 Å². The van der Waals surface area contributed by atoms with E-state index in [1.165, 1.54) is 44.1 Å². The average Bonchev–Trinajstić information content (AvgIpc) is 3.28. The van der Waals surface area contributed by atoms with Crippen molar-refractivity contribution in [3.63, 3.8) is 0 Å². The molecule has 3 aromatic heterocycles. The van der Waals surface area contributed by atoms with Crippen molar-refractivity contribution in [2.75, 3.05) is 0 Å². The van der Waals surface area contributed by atoms with Crippen molar-refractivity contribution in [1.29, 1.82) is 0 Å². The molecule has 7 rings (SSSR count). The minimum atomic E-state index is 0.981. The zero-order chi connectivity index (χ0) is 25.5. The standard InChI is InChI=1S/C35H25N3/c1-38-34-18-16-24(26-10-2-4-12-28(26)32-14-6-8-20-36-32)22-30(34)31-23-25(17-19-35(31)38)27-11-3-5-13-29(27)33-15-7-9-21-37-33/h2-23H,1H3. The molecular formula is C35H25N3. The summed E-state index contributed by atoms with van der Waals surface area (Å²) in [7, 11) is 2.15. The summed E-state index contributed by atoms with van der Waals surface area (Å²) in [5.41, 5.74) is 11.4. The summed E-state index contributed by atoms with van der Waals surface area (Å²) in [4.78, 5) is 9.24. The third kappa shape index (κ3) is 3.68. The maximum absolute atomic E-state index is 4.62. The van der Waals surface area contributed by atoms with Crippen LogP contribution in [0.1, 0.15) is 0 Å². The molecule has 0 N–H and O–H groups in total. The fourth-order valence-electron chi connectivity index (χ4n) is 5.51. The molecule has 0 saturated heterocycles. The summed E-state index contributed by atoms with van der Waals surface area (Å²) in [5, 5.41) is 2.49. The SMILES string of the molecule is Cn1c2ccc(-c3ccccc3-c3ccccn3)cc2c2cc(-c3ccccc3-c3ccccn3)ccc21. The molecule has 38 heavy (non-hydrogen) atoms. The van der Waals surface area contributed by atoms with E-state index in [1.54, 1.807) is 0 Å². The molecule has 0 atom stereocenters. The number of nitrogens with zero attached hydrogens (tertiary/aromatic N) is 3. The molecule has 0 aliphatic heterocycles. The van der Waals surface area contributed by atoms with Gasteiger partial charge < -0.3 is 4.57 Å². The Morgan fingerprint density at radius 3 is 1.29 bits per heavy atom. The van der Waals surface area contributed by atoms with Crippen molar-refractivity contribution >= 4 is 21.8 Å². The van der Waals surface area contributed by atoms with Gasteiger partial charge in [-0.2, -0.15) is 0 Å². The highest BCUT2D eigenvalue weighted by molar-refractivity contribution is 6.11. The Balaban J connectivity index is 1.42. The molecule has 0 bridgehead atoms. The van der Waals surface area contributed by atoms with Gasteiger partial charge in [-0.05, 0) is 70.8 Å². The van der Waals surface area contributed by atoms with Crippen molar-refractivity contribution in [1.82, 2.24) is 14.5 Å². The van der Waals surface area contributed by atoms with E-state index in [2.05, 4.69) is 119 Å². The van der Waals surface area contributed by atoms with Crippen molar-refractivity contribution in [3.8, 4) is 44.8 Å². The van der Waals surface area contributed by atoms with Crippen LogP contribution in [0.2, 0.25) is 0 Å². The van der Waals surface area contributed by atoms with E-state index in [0.717, 1.165) is 22.5 Å². The van der Waals surface area contributed by atoms with Gasteiger partial charge in [-0.3, -0.25) is 9.97 Å². The van der Waals surface area contributed by atoms with E-state index in [1.807, 2.05) is 36.7 Å². The highest BCUT2D eigenvalue weighted by Gasteiger charge is 2.15. The number of rotatable bonds is 4. The lowest BCUT2D eigenvalue weighted by Crippen LogP contribution is -1.89. The fourth-order valence-corrected chi connectivity index (χ4v) is 5.51. The lowest BCUT2D eigenvalue weighted by Gasteiger charge is -2.10. The van der Waals surface area contributed by atoms with Crippen molar-refractivity contribution in [3.05, 3.63) is 134 Å². The Hall–Kier alpha value is -5.02. The first-order valence-electron chi connectivity index (χ1n) is 12.8. The lowest BCUT2D eigenvalue weighted by molar-refractivity contribution is 1.01. The second kappa shape index (κ2) is 9.13. The predicted molar refractivity (Wildman–Crippen MR) is 158 cm³/mol. The van der Waals surface area contributed by atoms with E-state index in [0.29, 0.717) is 0 Å². The summed E-state index contributed by atoms with van der Waals surface area (Å²) >= 11 is 0. The monoisotopic (exact) mass is 487 g/mol. The Labute approximate surface area is 221 Å². The average molecular weight is 488 g/mol. The summed E-state index contributed by atoms with van der Waals surface area (Å²) < 4.78 is 2.29. The lowest BCUT2D eigenvalue weighted by atomic mass is 9.94. The van der Waals surface area contributed by atoms with Crippen LogP contribution in [-0.4, -0.2) is 14.5 Å². The third-order valence-corrected chi connectivity index (χ3v) is 7.36. The van der Waals surface area contributed by atoms with Crippen LogP contribution in [-0.2, 0) is 7.05 Å². The highest BCUT2D eigenvalue weighted by Crippen LogP contribution is 2.38. The predicted octanol–water partition coefficient (Wildman–Crippen LogP) is 8.79. The molecule has 0 spiro atoms. The van der Waals surface area contributed by atoms with Gasteiger partial charge in [0.15, 0.2) is 0 Å². The van der Waals surface area contributed by atoms with Crippen LogP contribution in [0.5, 0.6) is 0 Å². The summed E-state index contributed by atoms with van der Waals surface area (Å²) in [6.07, 6.45) is 3.70. The second-order valence-electron chi connectivity index (χ2n) is 9.54. The molecule has 0 fully saturated rings. The Kier molecular flexibility index (Phi) is 5.33. The first-order valence-corrected chi connectivity index (χ1v) is 12.8. The van der Waals surface area contributed by atoms with Gasteiger partial charge in [0, 0.05) is 52.4 Å². The number of hydrogen-bond donors (Lipinski definition) is 0. The quantitative estimate of drug-likeness (QED) is 0.248. The largest absolute Gasteiger partial charge is 0.344 e. The summed E-state index contributed by atoms with van der Waals surface area (Å²) in [5.74, 6) is 0. The number of fused-ring (bicyclic) bond motifs is 3. The van der Waals surface area contributed by atoms with Gasteiger partial charge in [0.25, 0.3) is 0 Å². The van der Waals surface area contributed by atoms with E-state index in [9.17, 15) is 0 Å². The zero-order valence-electron chi connectivity index (χ0n) is 21.0. The zero-order valence-corrected chi connectivity index (χ0v) is 21.0. The molecule has 0 unspecified atom stereocenters. The van der Waals surface area contributed by atoms with Crippen LogP contribution in [0, 0.1) is 0 Å². The molecule has 0 radical (unpaired) electrons. The molecule has 4 aromatic carbocycles. The highest BCUT2D eigenvalue weighted by atomic mass is 14.9. The van der Waals surface area contributed by atoms with Crippen molar-refractivity contribution in [2.24, 2.45) is 7.05 Å². The van der Waals surface area contributed by atoms with Crippen LogP contribution in [0.15, 0.2) is 134 Å². The molecule has 3 nitrogen and oxygen atoms in total. The first kappa shape index (κ1) is 22.2. The molecule has 0 aliphatic rings. The van der Waals surface area contributed by atoms with Crippen LogP contribution >= 0.6 is 0 Å². The van der Waals surface area contributed by atoms with Gasteiger partial charge >= 0.3 is 0 Å². The van der Waals surface area contributed by atoms with Gasteiger partial charge in [0.1, 0.15) is 0 Å². The van der Waals surface area contributed by atoms with Crippen molar-refractivity contribution in [2.45, 2.75) is 0 Å². The molecule has 3 heterocycles. The van der Waals surface area contributed by atoms with E-state index < -0.39 is 0 Å². The minimum absolute atomic E-state index is 0.981. The van der Waals surface area contributed by atoms with Gasteiger partial charge in [0.2, 0.25) is 0 Å². The minimum Gasteiger partial charge on any atom is -0.344 e. The number of aromatic nitrogens is 3. The molecular weight excluding hydrogens is 462 g/mol. The van der Waals surface area contributed by atoms with E-state index in [-0.39, 0.29) is 0 Å². The molecule has 0 amide bonds. The second-order valence-corrected chi connectivity index (χ2v) is 9.54. The first-order chi connectivity index (χ1) is 18.8. The van der Waals surface area contributed by atoms with Crippen LogP contribution in [0.3, 0.4) is 0 Å². The van der Waals surface area contributed by atoms with Gasteiger partial charge in [-0.15, -0.1) is 0 Å². The number of benzene rings is 4. The summed E-state index contributed by atoms with van der Waals surface area (Å²) in [6.45, 7) is 0. The maximum atomic E-state index is 4.62. The van der Waals surface area contributed by atoms with Gasteiger partial charge in [-0.25, -0.2) is 0 Å². The van der Waals surface area contributed by atoms with E-state index in [4.69, 9.17) is 0 Å². The van der Waals surface area contributed by atoms with Crippen molar-refractivity contribution < 1.29 is 0 Å². The van der Waals surface area contributed by atoms with Gasteiger partial charge in [0.05, 0.1) is 11.4 Å². The Morgan fingerprint density at radius 1 is 0.447 bits per heavy atom. The maximum Gasteiger partial charge on any atom is 0.0708 e. The topological polar surface area (TPSA) is 30.7 Å². The number of hydrogen-bond acceptors (Lipinski definition) is 2. The third-order valence-electron chi connectivity index (χ3n) is 7.36.